The first-order chi connectivity index (χ1) is 5.68. The number of primary amides is 1. The van der Waals surface area contributed by atoms with E-state index in [2.05, 4.69) is 10.3 Å². The predicted octanol–water partition coefficient (Wildman–Crippen LogP) is 0.632. The van der Waals surface area contributed by atoms with Gasteiger partial charge >= 0.3 is 0 Å². The molecule has 0 radical (unpaired) electrons. The molecule has 0 spiro atoms. The number of nitrogens with zero attached hydrogens (tertiary/aromatic N) is 1. The van der Waals surface area contributed by atoms with Gasteiger partial charge < -0.3 is 11.1 Å². The van der Waals surface area contributed by atoms with Gasteiger partial charge in [-0.15, -0.1) is 0 Å². The predicted molar refractivity (Wildman–Crippen MR) is 46.9 cm³/mol. The van der Waals surface area contributed by atoms with Crippen molar-refractivity contribution in [1.82, 2.24) is 4.98 Å². The highest BCUT2D eigenvalue weighted by atomic mass is 35.5. The Hall–Kier alpha value is -1.29. The average Bonchev–Trinajstić information content (AvgIpc) is 2.01. The third-order valence-corrected chi connectivity index (χ3v) is 1.40. The van der Waals surface area contributed by atoms with E-state index in [9.17, 15) is 4.79 Å². The molecule has 0 bridgehead atoms. The molecule has 3 N–H and O–H groups in total. The molecule has 4 nitrogen and oxygen atoms in total. The Morgan fingerprint density at radius 3 is 3.08 bits per heavy atom. The summed E-state index contributed by atoms with van der Waals surface area (Å²) >= 11 is 5.59. The molecule has 1 aromatic rings. The molecular formula is C7H8ClN3O. The van der Waals surface area contributed by atoms with Gasteiger partial charge in [0.05, 0.1) is 6.54 Å². The van der Waals surface area contributed by atoms with Crippen LogP contribution in [0.5, 0.6) is 0 Å². The first kappa shape index (κ1) is 8.80. The van der Waals surface area contributed by atoms with Gasteiger partial charge in [0.2, 0.25) is 5.91 Å². The maximum atomic E-state index is 10.4. The Bertz CT molecular complexity index is 290. The zero-order chi connectivity index (χ0) is 8.97. The molecular weight excluding hydrogens is 178 g/mol. The van der Waals surface area contributed by atoms with Crippen LogP contribution in [0.3, 0.4) is 0 Å². The van der Waals surface area contributed by atoms with Crippen LogP contribution in [0.2, 0.25) is 5.15 Å². The van der Waals surface area contributed by atoms with Crippen LogP contribution >= 0.6 is 11.6 Å². The molecule has 0 aliphatic carbocycles. The minimum atomic E-state index is -0.414. The molecule has 0 fully saturated rings. The summed E-state index contributed by atoms with van der Waals surface area (Å²) in [6.07, 6.45) is 1.55. The van der Waals surface area contributed by atoms with E-state index in [0.717, 1.165) is 5.69 Å². The summed E-state index contributed by atoms with van der Waals surface area (Å²) in [4.78, 5) is 14.1. The number of halogens is 1. The van der Waals surface area contributed by atoms with Crippen molar-refractivity contribution in [2.24, 2.45) is 5.73 Å². The van der Waals surface area contributed by atoms with Crippen molar-refractivity contribution < 1.29 is 4.79 Å². The lowest BCUT2D eigenvalue weighted by Crippen LogP contribution is -2.21. The fourth-order valence-corrected chi connectivity index (χ4v) is 0.875. The third-order valence-electron chi connectivity index (χ3n) is 1.19. The van der Waals surface area contributed by atoms with E-state index >= 15 is 0 Å². The fourth-order valence-electron chi connectivity index (χ4n) is 0.702. The van der Waals surface area contributed by atoms with Crippen molar-refractivity contribution in [3.05, 3.63) is 23.5 Å². The normalized spacial score (nSPS) is 9.42. The van der Waals surface area contributed by atoms with Gasteiger partial charge in [0.1, 0.15) is 5.15 Å². The monoisotopic (exact) mass is 185 g/mol. The molecule has 1 amide bonds. The Kier molecular flexibility index (Phi) is 2.88. The number of carbonyl (C=O) groups excluding carboxylic acids is 1. The molecule has 0 aliphatic heterocycles. The highest BCUT2D eigenvalue weighted by Crippen LogP contribution is 2.10. The van der Waals surface area contributed by atoms with Gasteiger partial charge in [0.25, 0.3) is 0 Å². The Morgan fingerprint density at radius 2 is 2.50 bits per heavy atom. The molecule has 0 saturated carbocycles. The number of rotatable bonds is 3. The summed E-state index contributed by atoms with van der Waals surface area (Å²) in [5, 5.41) is 3.17. The second-order valence-corrected chi connectivity index (χ2v) is 2.57. The number of carbonyl (C=O) groups is 1. The number of pyridine rings is 1. The van der Waals surface area contributed by atoms with Crippen molar-refractivity contribution in [3.8, 4) is 0 Å². The maximum absolute atomic E-state index is 10.4. The van der Waals surface area contributed by atoms with Crippen LogP contribution < -0.4 is 11.1 Å². The lowest BCUT2D eigenvalue weighted by atomic mass is 10.4. The van der Waals surface area contributed by atoms with Crippen LogP contribution in [0.1, 0.15) is 0 Å². The highest BCUT2D eigenvalue weighted by molar-refractivity contribution is 6.29. The minimum absolute atomic E-state index is 0.0976. The molecule has 0 aromatic carbocycles. The summed E-state index contributed by atoms with van der Waals surface area (Å²) in [6, 6.07) is 3.32. The molecule has 12 heavy (non-hydrogen) atoms. The first-order valence-electron chi connectivity index (χ1n) is 3.32. The van der Waals surface area contributed by atoms with Crippen molar-refractivity contribution in [2.45, 2.75) is 0 Å². The van der Waals surface area contributed by atoms with Gasteiger partial charge in [0.15, 0.2) is 0 Å². The Balaban J connectivity index is 2.57. The third kappa shape index (κ3) is 2.75. The Labute approximate surface area is 74.7 Å². The van der Waals surface area contributed by atoms with E-state index < -0.39 is 5.91 Å². The van der Waals surface area contributed by atoms with Gasteiger partial charge in [-0.25, -0.2) is 4.98 Å². The summed E-state index contributed by atoms with van der Waals surface area (Å²) in [5.74, 6) is -0.414. The van der Waals surface area contributed by atoms with E-state index in [1.807, 2.05) is 0 Å². The van der Waals surface area contributed by atoms with Gasteiger partial charge in [0, 0.05) is 11.9 Å². The van der Waals surface area contributed by atoms with E-state index in [1.54, 1.807) is 18.3 Å². The average molecular weight is 186 g/mol. The molecule has 1 aromatic heterocycles. The lowest BCUT2D eigenvalue weighted by molar-refractivity contribution is -0.116. The molecule has 0 atom stereocenters. The number of hydrogen-bond donors (Lipinski definition) is 2. The van der Waals surface area contributed by atoms with Gasteiger partial charge in [-0.1, -0.05) is 11.6 Å². The molecule has 1 rings (SSSR count). The molecule has 1 heterocycles. The van der Waals surface area contributed by atoms with Crippen molar-refractivity contribution in [2.75, 3.05) is 11.9 Å². The van der Waals surface area contributed by atoms with Crippen molar-refractivity contribution in [3.63, 3.8) is 0 Å². The minimum Gasteiger partial charge on any atom is -0.376 e. The SMILES string of the molecule is NC(=O)CNc1ccnc(Cl)c1. The summed E-state index contributed by atoms with van der Waals surface area (Å²) in [5.41, 5.74) is 5.66. The van der Waals surface area contributed by atoms with E-state index in [-0.39, 0.29) is 6.54 Å². The second kappa shape index (κ2) is 3.92. The summed E-state index contributed by atoms with van der Waals surface area (Å²) in [7, 11) is 0. The molecule has 0 unspecified atom stereocenters. The van der Waals surface area contributed by atoms with Crippen LogP contribution in [0, 0.1) is 0 Å². The van der Waals surface area contributed by atoms with Gasteiger partial charge in [-0.3, -0.25) is 4.79 Å². The first-order valence-corrected chi connectivity index (χ1v) is 3.70. The molecule has 64 valence electrons. The quantitative estimate of drug-likeness (QED) is 0.679. The zero-order valence-corrected chi connectivity index (χ0v) is 7.01. The summed E-state index contributed by atoms with van der Waals surface area (Å²) < 4.78 is 0. The van der Waals surface area contributed by atoms with Crippen LogP contribution in [-0.2, 0) is 4.79 Å². The number of hydrogen-bond acceptors (Lipinski definition) is 3. The lowest BCUT2D eigenvalue weighted by Gasteiger charge is -2.02. The van der Waals surface area contributed by atoms with Crippen LogP contribution in [-0.4, -0.2) is 17.4 Å². The maximum Gasteiger partial charge on any atom is 0.236 e. The Morgan fingerprint density at radius 1 is 1.75 bits per heavy atom. The largest absolute Gasteiger partial charge is 0.376 e. The van der Waals surface area contributed by atoms with E-state index in [1.165, 1.54) is 0 Å². The number of nitrogens with two attached hydrogens (primary N) is 1. The zero-order valence-electron chi connectivity index (χ0n) is 6.25. The van der Waals surface area contributed by atoms with E-state index in [4.69, 9.17) is 17.3 Å². The topological polar surface area (TPSA) is 68.0 Å². The molecule has 0 aliphatic rings. The molecule has 0 saturated heterocycles. The number of amides is 1. The van der Waals surface area contributed by atoms with Crippen LogP contribution in [0.15, 0.2) is 18.3 Å². The van der Waals surface area contributed by atoms with Crippen LogP contribution in [0.4, 0.5) is 5.69 Å². The fraction of sp³-hybridized carbons (Fsp3) is 0.143. The number of anilines is 1. The van der Waals surface area contributed by atoms with Crippen LogP contribution in [0.25, 0.3) is 0 Å². The van der Waals surface area contributed by atoms with Crippen molar-refractivity contribution >= 4 is 23.2 Å². The van der Waals surface area contributed by atoms with Gasteiger partial charge in [-0.2, -0.15) is 0 Å². The highest BCUT2D eigenvalue weighted by Gasteiger charge is 1.95. The summed E-state index contributed by atoms with van der Waals surface area (Å²) in [6.45, 7) is 0.0976. The standard InChI is InChI=1S/C7H8ClN3O/c8-6-3-5(1-2-10-6)11-4-7(9)12/h1-3H,4H2,(H2,9,12)(H,10,11). The number of aromatic nitrogens is 1. The van der Waals surface area contributed by atoms with E-state index in [0.29, 0.717) is 5.15 Å². The van der Waals surface area contributed by atoms with Crippen molar-refractivity contribution in [1.29, 1.82) is 0 Å². The second-order valence-electron chi connectivity index (χ2n) is 2.19. The van der Waals surface area contributed by atoms with Gasteiger partial charge in [-0.05, 0) is 12.1 Å². The number of nitrogens with one attached hydrogen (secondary N) is 1. The molecule has 5 heteroatoms. The smallest absolute Gasteiger partial charge is 0.236 e.